The van der Waals surface area contributed by atoms with Crippen molar-refractivity contribution in [1.29, 1.82) is 0 Å². The molecule has 2 N–H and O–H groups in total. The van der Waals surface area contributed by atoms with Crippen molar-refractivity contribution in [2.24, 2.45) is 0 Å². The van der Waals surface area contributed by atoms with Crippen LogP contribution < -0.4 is 10.6 Å². The van der Waals surface area contributed by atoms with Gasteiger partial charge in [0.05, 0.1) is 29.1 Å². The molecule has 0 bridgehead atoms. The third kappa shape index (κ3) is 4.40. The van der Waals surface area contributed by atoms with Gasteiger partial charge in [0.2, 0.25) is 5.95 Å². The monoisotopic (exact) mass is 396 g/mol. The van der Waals surface area contributed by atoms with Gasteiger partial charge in [0.25, 0.3) is 0 Å². The Morgan fingerprint density at radius 2 is 1.79 bits per heavy atom. The molecule has 0 atom stereocenters. The minimum atomic E-state index is -0.434. The smallest absolute Gasteiger partial charge is 0.339 e. The van der Waals surface area contributed by atoms with Crippen LogP contribution in [0.3, 0.4) is 0 Å². The van der Waals surface area contributed by atoms with Crippen LogP contribution in [0, 0.1) is 20.8 Å². The molecule has 3 rings (SSSR count). The number of carbonyl (C=O) groups excluding carboxylic acids is 1. The molecule has 0 saturated heterocycles. The number of methoxy groups -OCH3 is 1. The van der Waals surface area contributed by atoms with Gasteiger partial charge in [-0.1, -0.05) is 29.8 Å². The van der Waals surface area contributed by atoms with Gasteiger partial charge in [-0.3, -0.25) is 0 Å². The molecule has 0 saturated carbocycles. The van der Waals surface area contributed by atoms with Gasteiger partial charge in [0, 0.05) is 11.8 Å². The largest absolute Gasteiger partial charge is 0.465 e. The van der Waals surface area contributed by atoms with E-state index < -0.39 is 5.97 Å². The van der Waals surface area contributed by atoms with E-state index in [-0.39, 0.29) is 0 Å². The highest BCUT2D eigenvalue weighted by atomic mass is 35.5. The number of hydrogen-bond donors (Lipinski definition) is 2. The molecule has 7 heteroatoms. The Bertz CT molecular complexity index is 1010. The zero-order valence-corrected chi connectivity index (χ0v) is 16.9. The second kappa shape index (κ2) is 8.27. The Hall–Kier alpha value is -3.12. The Morgan fingerprint density at radius 3 is 2.50 bits per heavy atom. The van der Waals surface area contributed by atoms with E-state index in [1.165, 1.54) is 7.11 Å². The van der Waals surface area contributed by atoms with Crippen LogP contribution >= 0.6 is 11.6 Å². The molecular weight excluding hydrogens is 376 g/mol. The minimum absolute atomic E-state index is 0.361. The van der Waals surface area contributed by atoms with Crippen LogP contribution in [0.25, 0.3) is 0 Å². The molecule has 1 aromatic heterocycles. The van der Waals surface area contributed by atoms with Gasteiger partial charge in [-0.25, -0.2) is 9.78 Å². The molecule has 0 spiro atoms. The predicted molar refractivity (Wildman–Crippen MR) is 112 cm³/mol. The zero-order valence-electron chi connectivity index (χ0n) is 16.1. The van der Waals surface area contributed by atoms with E-state index in [1.54, 1.807) is 18.2 Å². The third-order valence-corrected chi connectivity index (χ3v) is 4.42. The maximum Gasteiger partial charge on any atom is 0.339 e. The molecular formula is C21H21ClN4O2. The molecule has 0 radical (unpaired) electrons. The van der Waals surface area contributed by atoms with Crippen LogP contribution in [0.15, 0.2) is 42.5 Å². The summed E-state index contributed by atoms with van der Waals surface area (Å²) in [5.41, 5.74) is 4.64. The summed E-state index contributed by atoms with van der Waals surface area (Å²) in [5, 5.41) is 6.99. The second-order valence-corrected chi connectivity index (χ2v) is 6.85. The van der Waals surface area contributed by atoms with E-state index in [0.29, 0.717) is 28.0 Å². The molecule has 0 unspecified atom stereocenters. The normalized spacial score (nSPS) is 10.5. The molecule has 0 aliphatic rings. The SMILES string of the molecule is COC(=O)c1ccccc1Nc1nc(C)cc(Nc2c(C)cc(C)cc2Cl)n1. The number of carbonyl (C=O) groups is 1. The van der Waals surface area contributed by atoms with Crippen molar-refractivity contribution in [3.05, 3.63) is 69.9 Å². The minimum Gasteiger partial charge on any atom is -0.465 e. The van der Waals surface area contributed by atoms with Crippen LogP contribution in [0.4, 0.5) is 23.1 Å². The number of nitrogens with zero attached hydrogens (tertiary/aromatic N) is 2. The number of nitrogens with one attached hydrogen (secondary N) is 2. The van der Waals surface area contributed by atoms with Gasteiger partial charge in [-0.2, -0.15) is 4.98 Å². The Morgan fingerprint density at radius 1 is 1.04 bits per heavy atom. The molecule has 3 aromatic rings. The lowest BCUT2D eigenvalue weighted by atomic mass is 10.1. The molecule has 0 aliphatic heterocycles. The first-order valence-corrected chi connectivity index (χ1v) is 9.09. The van der Waals surface area contributed by atoms with E-state index in [2.05, 4.69) is 20.6 Å². The lowest BCUT2D eigenvalue weighted by Crippen LogP contribution is -2.08. The maximum absolute atomic E-state index is 12.0. The fraction of sp³-hybridized carbons (Fsp3) is 0.190. The number of aryl methyl sites for hydroxylation is 3. The van der Waals surface area contributed by atoms with Crippen LogP contribution in [0.2, 0.25) is 5.02 Å². The van der Waals surface area contributed by atoms with Gasteiger partial charge in [-0.05, 0) is 50.1 Å². The number of anilines is 4. The summed E-state index contributed by atoms with van der Waals surface area (Å²) in [6, 6.07) is 12.8. The summed E-state index contributed by atoms with van der Waals surface area (Å²) in [6.07, 6.45) is 0. The van der Waals surface area contributed by atoms with Gasteiger partial charge in [0.1, 0.15) is 5.82 Å². The molecule has 1 heterocycles. The number of hydrogen-bond acceptors (Lipinski definition) is 6. The summed E-state index contributed by atoms with van der Waals surface area (Å²) >= 11 is 6.39. The highest BCUT2D eigenvalue weighted by Gasteiger charge is 2.13. The van der Waals surface area contributed by atoms with E-state index in [9.17, 15) is 4.79 Å². The second-order valence-electron chi connectivity index (χ2n) is 6.44. The van der Waals surface area contributed by atoms with Crippen molar-refractivity contribution in [1.82, 2.24) is 9.97 Å². The average Bonchev–Trinajstić information content (AvgIpc) is 2.64. The summed E-state index contributed by atoms with van der Waals surface area (Å²) in [7, 11) is 1.35. The number of para-hydroxylation sites is 1. The number of benzene rings is 2. The molecule has 0 fully saturated rings. The van der Waals surface area contributed by atoms with Crippen molar-refractivity contribution in [2.75, 3.05) is 17.7 Å². The zero-order chi connectivity index (χ0) is 20.3. The Balaban J connectivity index is 1.93. The van der Waals surface area contributed by atoms with Gasteiger partial charge in [0.15, 0.2) is 0 Å². The number of ether oxygens (including phenoxy) is 1. The maximum atomic E-state index is 12.0. The van der Waals surface area contributed by atoms with Crippen molar-refractivity contribution in [2.45, 2.75) is 20.8 Å². The van der Waals surface area contributed by atoms with Gasteiger partial charge in [-0.15, -0.1) is 0 Å². The number of halogens is 1. The predicted octanol–water partition coefficient (Wildman–Crippen LogP) is 5.33. The van der Waals surface area contributed by atoms with Crippen LogP contribution in [-0.2, 0) is 4.74 Å². The molecule has 28 heavy (non-hydrogen) atoms. The van der Waals surface area contributed by atoms with Crippen molar-refractivity contribution in [3.8, 4) is 0 Å². The fourth-order valence-corrected chi connectivity index (χ4v) is 3.26. The fourth-order valence-electron chi connectivity index (χ4n) is 2.89. The topological polar surface area (TPSA) is 76.1 Å². The number of aromatic nitrogens is 2. The quantitative estimate of drug-likeness (QED) is 0.568. The van der Waals surface area contributed by atoms with Crippen LogP contribution in [0.1, 0.15) is 27.2 Å². The van der Waals surface area contributed by atoms with Crippen molar-refractivity contribution < 1.29 is 9.53 Å². The van der Waals surface area contributed by atoms with Gasteiger partial charge < -0.3 is 15.4 Å². The van der Waals surface area contributed by atoms with Crippen LogP contribution in [-0.4, -0.2) is 23.0 Å². The molecule has 0 amide bonds. The van der Waals surface area contributed by atoms with Crippen molar-refractivity contribution >= 4 is 40.7 Å². The van der Waals surface area contributed by atoms with E-state index in [1.807, 2.05) is 45.0 Å². The van der Waals surface area contributed by atoms with E-state index in [4.69, 9.17) is 16.3 Å². The first kappa shape index (κ1) is 19.6. The van der Waals surface area contributed by atoms with E-state index in [0.717, 1.165) is 22.5 Å². The van der Waals surface area contributed by atoms with Gasteiger partial charge >= 0.3 is 5.97 Å². The summed E-state index contributed by atoms with van der Waals surface area (Å²) in [5.74, 6) is 0.523. The summed E-state index contributed by atoms with van der Waals surface area (Å²) in [6.45, 7) is 5.85. The number of rotatable bonds is 5. The average molecular weight is 397 g/mol. The Kier molecular flexibility index (Phi) is 5.80. The summed E-state index contributed by atoms with van der Waals surface area (Å²) < 4.78 is 4.83. The Labute approximate surface area is 168 Å². The molecule has 2 aromatic carbocycles. The van der Waals surface area contributed by atoms with E-state index >= 15 is 0 Å². The number of esters is 1. The highest BCUT2D eigenvalue weighted by Crippen LogP contribution is 2.30. The standard InChI is InChI=1S/C21H21ClN4O2/c1-12-9-13(2)19(16(22)10-12)25-18-11-14(3)23-21(26-18)24-17-8-6-5-7-15(17)20(27)28-4/h5-11H,1-4H3,(H2,23,24,25,26). The first-order chi connectivity index (χ1) is 13.4. The summed E-state index contributed by atoms with van der Waals surface area (Å²) in [4.78, 5) is 20.9. The van der Waals surface area contributed by atoms with Crippen LogP contribution in [0.5, 0.6) is 0 Å². The lowest BCUT2D eigenvalue weighted by molar-refractivity contribution is 0.0602. The third-order valence-electron chi connectivity index (χ3n) is 4.12. The molecule has 0 aliphatic carbocycles. The molecule has 144 valence electrons. The molecule has 6 nitrogen and oxygen atoms in total. The lowest BCUT2D eigenvalue weighted by Gasteiger charge is -2.14. The van der Waals surface area contributed by atoms with Crippen molar-refractivity contribution in [3.63, 3.8) is 0 Å². The highest BCUT2D eigenvalue weighted by molar-refractivity contribution is 6.33. The first-order valence-electron chi connectivity index (χ1n) is 8.71.